The average molecular weight is 487 g/mol. The molecule has 2 heterocycles. The van der Waals surface area contributed by atoms with Crippen LogP contribution >= 0.6 is 0 Å². The molecule has 0 spiro atoms. The van der Waals surface area contributed by atoms with Crippen molar-refractivity contribution in [2.45, 2.75) is 40.2 Å². The van der Waals surface area contributed by atoms with E-state index in [1.807, 2.05) is 50.2 Å². The molecule has 0 fully saturated rings. The minimum absolute atomic E-state index is 0. The molecule has 2 aromatic heterocycles. The smallest absolute Gasteiger partial charge is 0.850 e. The van der Waals surface area contributed by atoms with Crippen LogP contribution in [-0.4, -0.2) is 15.6 Å². The zero-order chi connectivity index (χ0) is 24.4. The molecule has 6 heteroatoms. The minimum Gasteiger partial charge on any atom is -0.850 e. The Hall–Kier alpha value is -1.80. The molecular weight excluding hydrogens is 457 g/mol. The SMILES string of the molecule is CC(C)(C)[O-].Cc1cccc(-c2ccc(F)cc2)n1.Cc1cccc(-c2ccc(F)cc2)n1.[K+]. The second kappa shape index (κ2) is 14.6. The quantitative estimate of drug-likeness (QED) is 0.407. The Morgan fingerprint density at radius 2 is 0.882 bits per heavy atom. The molecule has 0 aliphatic rings. The van der Waals surface area contributed by atoms with Crippen LogP contribution in [0.5, 0.6) is 0 Å². The summed E-state index contributed by atoms with van der Waals surface area (Å²) < 4.78 is 25.3. The third-order valence-electron chi connectivity index (χ3n) is 4.06. The Labute approximate surface area is 243 Å². The number of aromatic nitrogens is 2. The van der Waals surface area contributed by atoms with Crippen LogP contribution in [0.3, 0.4) is 0 Å². The molecule has 0 aliphatic heterocycles. The molecular formula is C28H29F2KN2O. The minimum atomic E-state index is -0.750. The predicted octanol–water partition coefficient (Wildman–Crippen LogP) is 3.54. The van der Waals surface area contributed by atoms with E-state index in [0.29, 0.717) is 0 Å². The van der Waals surface area contributed by atoms with Crippen molar-refractivity contribution in [1.82, 2.24) is 9.97 Å². The normalized spacial score (nSPS) is 10.1. The number of halogens is 2. The first-order valence-corrected chi connectivity index (χ1v) is 10.6. The third-order valence-corrected chi connectivity index (χ3v) is 4.06. The van der Waals surface area contributed by atoms with Crippen LogP contribution in [0.25, 0.3) is 22.5 Å². The molecule has 2 aromatic carbocycles. The van der Waals surface area contributed by atoms with Crippen LogP contribution in [0.4, 0.5) is 8.78 Å². The van der Waals surface area contributed by atoms with Crippen molar-refractivity contribution >= 4 is 0 Å². The van der Waals surface area contributed by atoms with Gasteiger partial charge in [0.15, 0.2) is 0 Å². The molecule has 3 nitrogen and oxygen atoms in total. The molecule has 0 amide bonds. The summed E-state index contributed by atoms with van der Waals surface area (Å²) in [5.41, 5.74) is 4.82. The van der Waals surface area contributed by atoms with Crippen LogP contribution in [0.2, 0.25) is 0 Å². The van der Waals surface area contributed by atoms with Gasteiger partial charge in [0.05, 0.1) is 11.4 Å². The van der Waals surface area contributed by atoms with Gasteiger partial charge in [0.1, 0.15) is 11.6 Å². The Morgan fingerprint density at radius 3 is 1.15 bits per heavy atom. The van der Waals surface area contributed by atoms with Gasteiger partial charge in [-0.25, -0.2) is 8.78 Å². The maximum atomic E-state index is 12.7. The molecule has 0 aliphatic carbocycles. The van der Waals surface area contributed by atoms with E-state index in [2.05, 4.69) is 9.97 Å². The molecule has 0 bridgehead atoms. The van der Waals surface area contributed by atoms with Crippen LogP contribution in [0.1, 0.15) is 32.2 Å². The van der Waals surface area contributed by atoms with Crippen LogP contribution in [-0.2, 0) is 0 Å². The zero-order valence-electron chi connectivity index (χ0n) is 20.6. The first-order chi connectivity index (χ1) is 15.5. The summed E-state index contributed by atoms with van der Waals surface area (Å²) in [4.78, 5) is 8.70. The van der Waals surface area contributed by atoms with E-state index < -0.39 is 5.60 Å². The van der Waals surface area contributed by atoms with Crippen molar-refractivity contribution in [1.29, 1.82) is 0 Å². The number of aryl methyl sites for hydroxylation is 2. The summed E-state index contributed by atoms with van der Waals surface area (Å²) in [6, 6.07) is 24.3. The van der Waals surface area contributed by atoms with Crippen molar-refractivity contribution < 1.29 is 65.3 Å². The Bertz CT molecular complexity index is 1050. The molecule has 0 atom stereocenters. The van der Waals surface area contributed by atoms with Crippen molar-refractivity contribution in [2.24, 2.45) is 0 Å². The van der Waals surface area contributed by atoms with E-state index in [9.17, 15) is 13.9 Å². The van der Waals surface area contributed by atoms with E-state index in [4.69, 9.17) is 0 Å². The first kappa shape index (κ1) is 30.2. The molecule has 172 valence electrons. The van der Waals surface area contributed by atoms with Gasteiger partial charge < -0.3 is 5.11 Å². The zero-order valence-corrected chi connectivity index (χ0v) is 23.8. The maximum Gasteiger partial charge on any atom is 1.00 e. The molecule has 0 N–H and O–H groups in total. The summed E-state index contributed by atoms with van der Waals surface area (Å²) in [5, 5.41) is 10.1. The van der Waals surface area contributed by atoms with Gasteiger partial charge in [-0.3, -0.25) is 9.97 Å². The van der Waals surface area contributed by atoms with E-state index in [1.54, 1.807) is 45.0 Å². The average Bonchev–Trinajstić information content (AvgIpc) is 2.74. The van der Waals surface area contributed by atoms with Gasteiger partial charge in [-0.2, -0.15) is 0 Å². The van der Waals surface area contributed by atoms with Gasteiger partial charge in [0, 0.05) is 22.5 Å². The number of pyridine rings is 2. The first-order valence-electron chi connectivity index (χ1n) is 10.6. The number of hydrogen-bond donors (Lipinski definition) is 0. The van der Waals surface area contributed by atoms with E-state index in [0.717, 1.165) is 33.9 Å². The third kappa shape index (κ3) is 12.1. The fraction of sp³-hybridized carbons (Fsp3) is 0.214. The van der Waals surface area contributed by atoms with Gasteiger partial charge >= 0.3 is 51.4 Å². The van der Waals surface area contributed by atoms with Crippen molar-refractivity contribution in [3.8, 4) is 22.5 Å². The molecule has 0 radical (unpaired) electrons. The summed E-state index contributed by atoms with van der Waals surface area (Å²) in [6.07, 6.45) is 0. The summed E-state index contributed by atoms with van der Waals surface area (Å²) >= 11 is 0. The second-order valence-corrected chi connectivity index (χ2v) is 8.45. The van der Waals surface area contributed by atoms with E-state index in [1.165, 1.54) is 24.3 Å². The Balaban J connectivity index is 0.000000278. The maximum absolute atomic E-state index is 12.7. The number of nitrogens with zero attached hydrogens (tertiary/aromatic N) is 2. The fourth-order valence-electron chi connectivity index (χ4n) is 2.65. The van der Waals surface area contributed by atoms with Gasteiger partial charge in [0.2, 0.25) is 0 Å². The topological polar surface area (TPSA) is 48.8 Å². The summed E-state index contributed by atoms with van der Waals surface area (Å²) in [7, 11) is 0. The van der Waals surface area contributed by atoms with Crippen molar-refractivity contribution in [3.63, 3.8) is 0 Å². The fourth-order valence-corrected chi connectivity index (χ4v) is 2.65. The molecule has 0 saturated heterocycles. The Kier molecular flexibility index (Phi) is 12.9. The van der Waals surface area contributed by atoms with Crippen LogP contribution in [0.15, 0.2) is 84.9 Å². The van der Waals surface area contributed by atoms with E-state index >= 15 is 0 Å². The monoisotopic (exact) mass is 486 g/mol. The largest absolute Gasteiger partial charge is 1.00 e. The van der Waals surface area contributed by atoms with Gasteiger partial charge in [-0.1, -0.05) is 32.9 Å². The van der Waals surface area contributed by atoms with Crippen molar-refractivity contribution in [2.75, 3.05) is 0 Å². The van der Waals surface area contributed by atoms with Gasteiger partial charge in [0.25, 0.3) is 0 Å². The summed E-state index contributed by atoms with van der Waals surface area (Å²) in [6.45, 7) is 8.77. The number of hydrogen-bond acceptors (Lipinski definition) is 3. The second-order valence-electron chi connectivity index (χ2n) is 8.45. The van der Waals surface area contributed by atoms with Crippen LogP contribution in [0, 0.1) is 25.5 Å². The van der Waals surface area contributed by atoms with Gasteiger partial charge in [-0.15, -0.1) is 5.60 Å². The van der Waals surface area contributed by atoms with Crippen LogP contribution < -0.4 is 56.5 Å². The summed E-state index contributed by atoms with van der Waals surface area (Å²) in [5.74, 6) is -0.442. The Morgan fingerprint density at radius 1 is 0.588 bits per heavy atom. The molecule has 0 unspecified atom stereocenters. The molecule has 4 rings (SSSR count). The predicted molar refractivity (Wildman–Crippen MR) is 128 cm³/mol. The number of rotatable bonds is 2. The molecule has 4 aromatic rings. The number of benzene rings is 2. The van der Waals surface area contributed by atoms with Gasteiger partial charge in [-0.05, 0) is 86.6 Å². The molecule has 0 saturated carbocycles. The van der Waals surface area contributed by atoms with Crippen molar-refractivity contribution in [3.05, 3.63) is 108 Å². The van der Waals surface area contributed by atoms with E-state index in [-0.39, 0.29) is 63.0 Å². The standard InChI is InChI=1S/2C12H10FN.C4H9O.K/c2*1-9-3-2-4-12(14-9)10-5-7-11(13)8-6-10;1-4(2,3)5;/h2*2-8H,1H3;1-3H3;/q;;-1;+1. The molecule has 34 heavy (non-hydrogen) atoms.